The number of benzene rings is 1. The molecular formula is C16H22Br2O. The van der Waals surface area contributed by atoms with Crippen LogP contribution in [0.15, 0.2) is 30.3 Å². The SMILES string of the molecule is BrCC(CBr)(CCOc1ccccc1)C1CCCC1. The van der Waals surface area contributed by atoms with Crippen LogP contribution >= 0.6 is 31.9 Å². The van der Waals surface area contributed by atoms with E-state index in [1.54, 1.807) is 0 Å². The molecule has 1 aromatic rings. The molecule has 0 aliphatic heterocycles. The van der Waals surface area contributed by atoms with Crippen LogP contribution in [0.3, 0.4) is 0 Å². The molecule has 0 unspecified atom stereocenters. The maximum atomic E-state index is 5.88. The van der Waals surface area contributed by atoms with Crippen molar-refractivity contribution in [1.82, 2.24) is 0 Å². The van der Waals surface area contributed by atoms with Crippen molar-refractivity contribution in [3.8, 4) is 5.75 Å². The van der Waals surface area contributed by atoms with Gasteiger partial charge >= 0.3 is 0 Å². The number of ether oxygens (including phenoxy) is 1. The van der Waals surface area contributed by atoms with Crippen molar-refractivity contribution in [2.45, 2.75) is 32.1 Å². The molecule has 1 nitrogen and oxygen atoms in total. The molecule has 0 radical (unpaired) electrons. The summed E-state index contributed by atoms with van der Waals surface area (Å²) in [6.45, 7) is 0.803. The first-order valence-electron chi connectivity index (χ1n) is 7.10. The Morgan fingerprint density at radius 2 is 1.68 bits per heavy atom. The van der Waals surface area contributed by atoms with Gasteiger partial charge in [0.15, 0.2) is 0 Å². The van der Waals surface area contributed by atoms with Crippen LogP contribution in [-0.4, -0.2) is 17.3 Å². The summed E-state index contributed by atoms with van der Waals surface area (Å²) < 4.78 is 5.88. The third-order valence-corrected chi connectivity index (χ3v) is 6.60. The van der Waals surface area contributed by atoms with Gasteiger partial charge in [-0.05, 0) is 42.7 Å². The fraction of sp³-hybridized carbons (Fsp3) is 0.625. The van der Waals surface area contributed by atoms with Gasteiger partial charge in [-0.15, -0.1) is 0 Å². The van der Waals surface area contributed by atoms with E-state index >= 15 is 0 Å². The maximum absolute atomic E-state index is 5.88. The quantitative estimate of drug-likeness (QED) is 0.565. The first kappa shape index (κ1) is 15.4. The second kappa shape index (κ2) is 7.68. The molecule has 1 fully saturated rings. The Hall–Kier alpha value is -0.0200. The van der Waals surface area contributed by atoms with Crippen molar-refractivity contribution in [3.63, 3.8) is 0 Å². The number of rotatable bonds is 7. The molecule has 0 bridgehead atoms. The highest BCUT2D eigenvalue weighted by molar-refractivity contribution is 9.09. The molecule has 0 spiro atoms. The Kier molecular flexibility index (Phi) is 6.21. The van der Waals surface area contributed by atoms with Gasteiger partial charge in [0, 0.05) is 10.7 Å². The highest BCUT2D eigenvalue weighted by atomic mass is 79.9. The number of halogens is 2. The van der Waals surface area contributed by atoms with Gasteiger partial charge in [-0.25, -0.2) is 0 Å². The molecule has 0 atom stereocenters. The van der Waals surface area contributed by atoms with Gasteiger partial charge < -0.3 is 4.74 Å². The summed E-state index contributed by atoms with van der Waals surface area (Å²) in [7, 11) is 0. The Bertz CT molecular complexity index is 356. The third kappa shape index (κ3) is 3.98. The van der Waals surface area contributed by atoms with Crippen molar-refractivity contribution in [3.05, 3.63) is 30.3 Å². The first-order chi connectivity index (χ1) is 9.30. The van der Waals surface area contributed by atoms with Crippen LogP contribution in [0.1, 0.15) is 32.1 Å². The molecule has 1 aliphatic carbocycles. The predicted molar refractivity (Wildman–Crippen MR) is 88.5 cm³/mol. The highest BCUT2D eigenvalue weighted by Gasteiger charge is 2.38. The topological polar surface area (TPSA) is 9.23 Å². The van der Waals surface area contributed by atoms with Crippen molar-refractivity contribution in [1.29, 1.82) is 0 Å². The van der Waals surface area contributed by atoms with E-state index in [0.717, 1.165) is 35.4 Å². The Morgan fingerprint density at radius 1 is 1.05 bits per heavy atom. The predicted octanol–water partition coefficient (Wildman–Crippen LogP) is 5.42. The number of hydrogen-bond acceptors (Lipinski definition) is 1. The van der Waals surface area contributed by atoms with Gasteiger partial charge in [0.2, 0.25) is 0 Å². The van der Waals surface area contributed by atoms with Crippen LogP contribution in [0.2, 0.25) is 0 Å². The van der Waals surface area contributed by atoms with Crippen molar-refractivity contribution in [2.24, 2.45) is 11.3 Å². The van der Waals surface area contributed by atoms with Crippen LogP contribution in [0.4, 0.5) is 0 Å². The Labute approximate surface area is 133 Å². The zero-order valence-corrected chi connectivity index (χ0v) is 14.5. The van der Waals surface area contributed by atoms with Crippen LogP contribution < -0.4 is 4.74 Å². The van der Waals surface area contributed by atoms with E-state index < -0.39 is 0 Å². The lowest BCUT2D eigenvalue weighted by Gasteiger charge is -2.36. The molecule has 3 heteroatoms. The van der Waals surface area contributed by atoms with Crippen molar-refractivity contribution >= 4 is 31.9 Å². The molecule has 0 aromatic heterocycles. The van der Waals surface area contributed by atoms with Crippen molar-refractivity contribution < 1.29 is 4.74 Å². The lowest BCUT2D eigenvalue weighted by Crippen LogP contribution is -2.34. The molecule has 0 N–H and O–H groups in total. The molecule has 2 rings (SSSR count). The molecule has 1 aromatic carbocycles. The average Bonchev–Trinajstić information content (AvgIpc) is 3.00. The molecule has 1 aliphatic rings. The number of hydrogen-bond donors (Lipinski definition) is 0. The normalized spacial score (nSPS) is 16.7. The van der Waals surface area contributed by atoms with Crippen molar-refractivity contribution in [2.75, 3.05) is 17.3 Å². The van der Waals surface area contributed by atoms with Gasteiger partial charge in [-0.1, -0.05) is 62.9 Å². The molecule has 0 saturated heterocycles. The largest absolute Gasteiger partial charge is 0.494 e. The van der Waals surface area contributed by atoms with Gasteiger partial charge in [0.1, 0.15) is 5.75 Å². The molecule has 0 amide bonds. The fourth-order valence-electron chi connectivity index (χ4n) is 3.02. The summed E-state index contributed by atoms with van der Waals surface area (Å²) in [4.78, 5) is 0. The summed E-state index contributed by atoms with van der Waals surface area (Å²) >= 11 is 7.49. The summed E-state index contributed by atoms with van der Waals surface area (Å²) in [5, 5.41) is 2.13. The van der Waals surface area contributed by atoms with E-state index in [9.17, 15) is 0 Å². The van der Waals surface area contributed by atoms with Gasteiger partial charge in [-0.2, -0.15) is 0 Å². The molecular weight excluding hydrogens is 368 g/mol. The van der Waals surface area contributed by atoms with E-state index in [4.69, 9.17) is 4.74 Å². The van der Waals surface area contributed by atoms with E-state index in [2.05, 4.69) is 31.9 Å². The van der Waals surface area contributed by atoms with Crippen LogP contribution in [0.5, 0.6) is 5.75 Å². The average molecular weight is 390 g/mol. The summed E-state index contributed by atoms with van der Waals surface area (Å²) in [6, 6.07) is 10.1. The summed E-state index contributed by atoms with van der Waals surface area (Å²) in [5.41, 5.74) is 0.352. The van der Waals surface area contributed by atoms with Crippen LogP contribution in [0.25, 0.3) is 0 Å². The monoisotopic (exact) mass is 388 g/mol. The number of para-hydroxylation sites is 1. The second-order valence-electron chi connectivity index (χ2n) is 5.52. The van der Waals surface area contributed by atoms with Gasteiger partial charge in [-0.3, -0.25) is 0 Å². The Balaban J connectivity index is 1.89. The van der Waals surface area contributed by atoms with E-state index in [1.165, 1.54) is 25.7 Å². The smallest absolute Gasteiger partial charge is 0.119 e. The minimum atomic E-state index is 0.352. The highest BCUT2D eigenvalue weighted by Crippen LogP contribution is 2.44. The minimum Gasteiger partial charge on any atom is -0.494 e. The van der Waals surface area contributed by atoms with Crippen LogP contribution in [0, 0.1) is 11.3 Å². The van der Waals surface area contributed by atoms with E-state index in [0.29, 0.717) is 5.41 Å². The molecule has 19 heavy (non-hydrogen) atoms. The zero-order valence-electron chi connectivity index (χ0n) is 11.3. The minimum absolute atomic E-state index is 0.352. The van der Waals surface area contributed by atoms with Crippen LogP contribution in [-0.2, 0) is 0 Å². The first-order valence-corrected chi connectivity index (χ1v) is 9.35. The standard InChI is InChI=1S/C16H22Br2O/c17-12-16(13-18,14-6-4-5-7-14)10-11-19-15-8-2-1-3-9-15/h1-3,8-9,14H,4-7,10-13H2. The van der Waals surface area contributed by atoms with Gasteiger partial charge in [0.05, 0.1) is 6.61 Å². The lowest BCUT2D eigenvalue weighted by atomic mass is 9.75. The summed E-state index contributed by atoms with van der Waals surface area (Å²) in [6.07, 6.45) is 6.66. The molecule has 106 valence electrons. The van der Waals surface area contributed by atoms with Gasteiger partial charge in [0.25, 0.3) is 0 Å². The zero-order chi connectivity index (χ0) is 13.6. The fourth-order valence-corrected chi connectivity index (χ4v) is 5.42. The second-order valence-corrected chi connectivity index (χ2v) is 6.64. The van der Waals surface area contributed by atoms with E-state index in [-0.39, 0.29) is 0 Å². The van der Waals surface area contributed by atoms with E-state index in [1.807, 2.05) is 30.3 Å². The third-order valence-electron chi connectivity index (χ3n) is 4.37. The Morgan fingerprint density at radius 3 is 2.26 bits per heavy atom. The number of alkyl halides is 2. The maximum Gasteiger partial charge on any atom is 0.119 e. The molecule has 1 saturated carbocycles. The lowest BCUT2D eigenvalue weighted by molar-refractivity contribution is 0.169. The summed E-state index contributed by atoms with van der Waals surface area (Å²) in [5.74, 6) is 1.82. The molecule has 0 heterocycles.